The molecular weight excluding hydrogens is 248 g/mol. The smallest absolute Gasteiger partial charge is 0.251 e. The number of rotatable bonds is 8. The summed E-state index contributed by atoms with van der Waals surface area (Å²) >= 11 is 0. The molecule has 0 bridgehead atoms. The minimum atomic E-state index is 0. The van der Waals surface area contributed by atoms with Crippen molar-refractivity contribution >= 4 is 5.91 Å². The van der Waals surface area contributed by atoms with Crippen LogP contribution in [0.5, 0.6) is 0 Å². The second-order valence-corrected chi connectivity index (χ2v) is 4.91. The van der Waals surface area contributed by atoms with Crippen molar-refractivity contribution in [2.24, 2.45) is 0 Å². The van der Waals surface area contributed by atoms with Gasteiger partial charge in [-0.3, -0.25) is 4.79 Å². The summed E-state index contributed by atoms with van der Waals surface area (Å²) in [5, 5.41) is 2.97. The van der Waals surface area contributed by atoms with Gasteiger partial charge in [0.15, 0.2) is 0 Å². The molecule has 1 aromatic carbocycles. The Morgan fingerprint density at radius 3 is 2.35 bits per heavy atom. The molecule has 0 unspecified atom stereocenters. The Hall–Kier alpha value is -1.35. The van der Waals surface area contributed by atoms with Crippen LogP contribution in [0, 0.1) is 6.92 Å². The van der Waals surface area contributed by atoms with E-state index < -0.39 is 0 Å². The molecule has 0 fully saturated rings. The fraction of sp³-hybridized carbons (Fsp3) is 0.588. The first-order valence-corrected chi connectivity index (χ1v) is 7.24. The first-order valence-electron chi connectivity index (χ1n) is 7.24. The van der Waals surface area contributed by atoms with Gasteiger partial charge in [0.1, 0.15) is 0 Å². The van der Waals surface area contributed by atoms with Gasteiger partial charge < -0.3 is 10.2 Å². The second kappa shape index (κ2) is 10.4. The van der Waals surface area contributed by atoms with Crippen LogP contribution in [-0.4, -0.2) is 37.0 Å². The summed E-state index contributed by atoms with van der Waals surface area (Å²) in [6, 6.07) is 7.68. The molecule has 3 nitrogen and oxygen atoms in total. The number of carbonyl (C=O) groups is 1. The van der Waals surface area contributed by atoms with Crippen molar-refractivity contribution in [1.29, 1.82) is 0 Å². The quantitative estimate of drug-likeness (QED) is 0.738. The lowest BCUT2D eigenvalue weighted by Crippen LogP contribution is -2.30. The Bertz CT molecular complexity index is 373. The molecule has 1 amide bonds. The lowest BCUT2D eigenvalue weighted by atomic mass is 10.1. The van der Waals surface area contributed by atoms with Crippen LogP contribution < -0.4 is 5.32 Å². The SMILES string of the molecule is C.CCCN(CC)CCCNC(=O)c1ccc(C)cc1. The highest BCUT2D eigenvalue weighted by Crippen LogP contribution is 2.02. The highest BCUT2D eigenvalue weighted by atomic mass is 16.1. The average Bonchev–Trinajstić information content (AvgIpc) is 2.42. The van der Waals surface area contributed by atoms with Gasteiger partial charge in [0.2, 0.25) is 0 Å². The summed E-state index contributed by atoms with van der Waals surface area (Å²) in [5.74, 6) is 0.0264. The predicted octanol–water partition coefficient (Wildman–Crippen LogP) is 3.48. The molecule has 0 aliphatic heterocycles. The van der Waals surface area contributed by atoms with E-state index in [-0.39, 0.29) is 13.3 Å². The number of carbonyl (C=O) groups excluding carboxylic acids is 1. The highest BCUT2D eigenvalue weighted by molar-refractivity contribution is 5.94. The molecule has 0 saturated carbocycles. The molecule has 0 aliphatic carbocycles. The molecule has 0 atom stereocenters. The Labute approximate surface area is 124 Å². The van der Waals surface area contributed by atoms with Crippen LogP contribution in [0.25, 0.3) is 0 Å². The van der Waals surface area contributed by atoms with Crippen LogP contribution in [0.2, 0.25) is 0 Å². The van der Waals surface area contributed by atoms with Gasteiger partial charge in [0, 0.05) is 12.1 Å². The Kier molecular flexibility index (Phi) is 9.73. The summed E-state index contributed by atoms with van der Waals surface area (Å²) in [4.78, 5) is 14.3. The van der Waals surface area contributed by atoms with Gasteiger partial charge in [-0.1, -0.05) is 39.0 Å². The zero-order valence-corrected chi connectivity index (χ0v) is 12.4. The third kappa shape index (κ3) is 6.71. The van der Waals surface area contributed by atoms with Crippen LogP contribution in [0.4, 0.5) is 0 Å². The van der Waals surface area contributed by atoms with Crippen molar-refractivity contribution in [1.82, 2.24) is 10.2 Å². The van der Waals surface area contributed by atoms with Crippen LogP contribution in [0.15, 0.2) is 24.3 Å². The summed E-state index contributed by atoms with van der Waals surface area (Å²) in [5.41, 5.74) is 1.92. The first kappa shape index (κ1) is 18.7. The minimum Gasteiger partial charge on any atom is -0.352 e. The van der Waals surface area contributed by atoms with Gasteiger partial charge in [-0.05, 0) is 51.5 Å². The largest absolute Gasteiger partial charge is 0.352 e. The summed E-state index contributed by atoms with van der Waals surface area (Å²) in [6.07, 6.45) is 2.19. The third-order valence-electron chi connectivity index (χ3n) is 3.24. The lowest BCUT2D eigenvalue weighted by molar-refractivity contribution is 0.0951. The molecule has 0 saturated heterocycles. The summed E-state index contributed by atoms with van der Waals surface area (Å²) in [6.45, 7) is 10.4. The van der Waals surface area contributed by atoms with Gasteiger partial charge in [-0.2, -0.15) is 0 Å². The monoisotopic (exact) mass is 278 g/mol. The predicted molar refractivity (Wildman–Crippen MR) is 87.3 cm³/mol. The molecule has 0 aliphatic rings. The fourth-order valence-corrected chi connectivity index (χ4v) is 2.06. The molecule has 0 aromatic heterocycles. The fourth-order valence-electron chi connectivity index (χ4n) is 2.06. The molecule has 20 heavy (non-hydrogen) atoms. The number of amides is 1. The van der Waals surface area contributed by atoms with Crippen LogP contribution in [-0.2, 0) is 0 Å². The maximum absolute atomic E-state index is 11.9. The second-order valence-electron chi connectivity index (χ2n) is 4.91. The maximum Gasteiger partial charge on any atom is 0.251 e. The lowest BCUT2D eigenvalue weighted by Gasteiger charge is -2.19. The van der Waals surface area contributed by atoms with E-state index in [2.05, 4.69) is 24.1 Å². The highest BCUT2D eigenvalue weighted by Gasteiger charge is 2.05. The van der Waals surface area contributed by atoms with Crippen molar-refractivity contribution < 1.29 is 4.79 Å². The molecule has 0 spiro atoms. The molecular formula is C17H30N2O. The normalized spacial score (nSPS) is 10.2. The Morgan fingerprint density at radius 1 is 1.15 bits per heavy atom. The zero-order valence-electron chi connectivity index (χ0n) is 12.4. The topological polar surface area (TPSA) is 32.3 Å². The van der Waals surface area contributed by atoms with Gasteiger partial charge in [0.05, 0.1) is 0 Å². The van der Waals surface area contributed by atoms with Crippen molar-refractivity contribution in [3.8, 4) is 0 Å². The van der Waals surface area contributed by atoms with Gasteiger partial charge >= 0.3 is 0 Å². The van der Waals surface area contributed by atoms with E-state index in [1.54, 1.807) is 0 Å². The molecule has 1 rings (SSSR count). The molecule has 0 heterocycles. The van der Waals surface area contributed by atoms with E-state index in [0.717, 1.165) is 38.2 Å². The number of nitrogens with zero attached hydrogens (tertiary/aromatic N) is 1. The summed E-state index contributed by atoms with van der Waals surface area (Å²) < 4.78 is 0. The van der Waals surface area contributed by atoms with Crippen LogP contribution >= 0.6 is 0 Å². The number of hydrogen-bond donors (Lipinski definition) is 1. The van der Waals surface area contributed by atoms with Crippen molar-refractivity contribution in [2.75, 3.05) is 26.2 Å². The van der Waals surface area contributed by atoms with Gasteiger partial charge in [0.25, 0.3) is 5.91 Å². The van der Waals surface area contributed by atoms with E-state index in [1.807, 2.05) is 31.2 Å². The molecule has 3 heteroatoms. The Morgan fingerprint density at radius 2 is 1.80 bits per heavy atom. The van der Waals surface area contributed by atoms with Gasteiger partial charge in [-0.15, -0.1) is 0 Å². The van der Waals surface area contributed by atoms with Crippen LogP contribution in [0.1, 0.15) is 50.0 Å². The van der Waals surface area contributed by atoms with E-state index >= 15 is 0 Å². The van der Waals surface area contributed by atoms with E-state index in [9.17, 15) is 4.79 Å². The number of nitrogens with one attached hydrogen (secondary N) is 1. The first-order chi connectivity index (χ1) is 9.17. The summed E-state index contributed by atoms with van der Waals surface area (Å²) in [7, 11) is 0. The molecule has 114 valence electrons. The van der Waals surface area contributed by atoms with Crippen molar-refractivity contribution in [3.63, 3.8) is 0 Å². The maximum atomic E-state index is 11.9. The number of hydrogen-bond acceptors (Lipinski definition) is 2. The van der Waals surface area contributed by atoms with E-state index in [4.69, 9.17) is 0 Å². The van der Waals surface area contributed by atoms with E-state index in [1.165, 1.54) is 12.0 Å². The molecule has 1 aromatic rings. The third-order valence-corrected chi connectivity index (χ3v) is 3.24. The zero-order chi connectivity index (χ0) is 14.1. The van der Waals surface area contributed by atoms with Crippen molar-refractivity contribution in [2.45, 2.75) is 41.0 Å². The molecule has 0 radical (unpaired) electrons. The average molecular weight is 278 g/mol. The Balaban J connectivity index is 0.00000361. The van der Waals surface area contributed by atoms with Crippen molar-refractivity contribution in [3.05, 3.63) is 35.4 Å². The number of aryl methyl sites for hydroxylation is 1. The minimum absolute atomic E-state index is 0. The molecule has 1 N–H and O–H groups in total. The van der Waals surface area contributed by atoms with Crippen LogP contribution in [0.3, 0.4) is 0 Å². The standard InChI is InChI=1S/C16H26N2O.CH4/c1-4-12-18(5-2)13-6-11-17-16(19)15-9-7-14(3)8-10-15;/h7-10H,4-6,11-13H2,1-3H3,(H,17,19);1H4. The van der Waals surface area contributed by atoms with Gasteiger partial charge in [-0.25, -0.2) is 0 Å². The van der Waals surface area contributed by atoms with E-state index in [0.29, 0.717) is 0 Å². The number of benzene rings is 1.